The third kappa shape index (κ3) is 6.51. The van der Waals surface area contributed by atoms with Gasteiger partial charge in [0.25, 0.3) is 0 Å². The lowest BCUT2D eigenvalue weighted by Gasteiger charge is -2.48. The van der Waals surface area contributed by atoms with Crippen LogP contribution in [0.2, 0.25) is 0 Å². The zero-order valence-corrected chi connectivity index (χ0v) is 23.0. The lowest BCUT2D eigenvalue weighted by atomic mass is 9.79. The Morgan fingerprint density at radius 3 is 2.57 bits per heavy atom. The maximum Gasteiger partial charge on any atom is 0.227 e. The quantitative estimate of drug-likeness (QED) is 0.493. The van der Waals surface area contributed by atoms with Crippen LogP contribution in [0.15, 0.2) is 42.5 Å². The van der Waals surface area contributed by atoms with E-state index >= 15 is 0 Å². The number of carbonyl (C=O) groups is 1. The summed E-state index contributed by atoms with van der Waals surface area (Å²) in [5, 5.41) is 2.83. The van der Waals surface area contributed by atoms with Gasteiger partial charge in [-0.1, -0.05) is 18.2 Å². The van der Waals surface area contributed by atoms with Crippen molar-refractivity contribution in [2.45, 2.75) is 97.1 Å². The fourth-order valence-corrected chi connectivity index (χ4v) is 5.60. The lowest BCUT2D eigenvalue weighted by molar-refractivity contribution is -0.298. The van der Waals surface area contributed by atoms with Crippen LogP contribution in [0.4, 0.5) is 4.39 Å². The first-order valence-corrected chi connectivity index (χ1v) is 13.2. The third-order valence-corrected chi connectivity index (χ3v) is 7.02. The Bertz CT molecular complexity index is 1110. The Hall–Kier alpha value is -2.48. The predicted octanol–water partition coefficient (Wildman–Crippen LogP) is 5.66. The molecule has 0 unspecified atom stereocenters. The zero-order valence-electron chi connectivity index (χ0n) is 23.0. The molecule has 6 nitrogen and oxygen atoms in total. The van der Waals surface area contributed by atoms with Gasteiger partial charge in [-0.2, -0.15) is 0 Å². The molecule has 2 fully saturated rings. The standard InChI is InChI=1S/C30H40FNO5/c1-18(2)34-27-25-17-29(4,5)36-26(25)28(37-30(27,6)7)35-23-12-11-20(13-14-32-19(3)33)24(16-23)21-9-8-10-22(31)15-21/h8-12,15-16,18,25-28H,13-14,17H2,1-7H3,(H,32,33)/t25-,26+,27+,28+/m0/s1. The molecular weight excluding hydrogens is 473 g/mol. The molecule has 2 aliphatic rings. The highest BCUT2D eigenvalue weighted by Crippen LogP contribution is 2.48. The normalized spacial score (nSPS) is 26.1. The van der Waals surface area contributed by atoms with Gasteiger partial charge in [-0.05, 0) is 95.3 Å². The molecule has 2 aliphatic heterocycles. The van der Waals surface area contributed by atoms with Crippen LogP contribution in [0.1, 0.15) is 60.5 Å². The van der Waals surface area contributed by atoms with Crippen molar-refractivity contribution >= 4 is 5.91 Å². The van der Waals surface area contributed by atoms with Crippen LogP contribution in [0.3, 0.4) is 0 Å². The van der Waals surface area contributed by atoms with Crippen LogP contribution in [-0.2, 0) is 25.4 Å². The van der Waals surface area contributed by atoms with Gasteiger partial charge in [0.15, 0.2) is 0 Å². The van der Waals surface area contributed by atoms with Gasteiger partial charge in [-0.3, -0.25) is 4.79 Å². The molecule has 0 radical (unpaired) electrons. The Morgan fingerprint density at radius 1 is 1.14 bits per heavy atom. The molecule has 7 heteroatoms. The van der Waals surface area contributed by atoms with E-state index < -0.39 is 11.9 Å². The van der Waals surface area contributed by atoms with Crippen molar-refractivity contribution < 1.29 is 28.1 Å². The molecule has 2 saturated heterocycles. The van der Waals surface area contributed by atoms with Gasteiger partial charge in [0, 0.05) is 19.4 Å². The van der Waals surface area contributed by atoms with Crippen LogP contribution >= 0.6 is 0 Å². The summed E-state index contributed by atoms with van der Waals surface area (Å²) in [7, 11) is 0. The van der Waals surface area contributed by atoms with Crippen molar-refractivity contribution in [1.82, 2.24) is 5.32 Å². The van der Waals surface area contributed by atoms with E-state index in [1.165, 1.54) is 19.1 Å². The Kier molecular flexibility index (Phi) is 7.98. The lowest BCUT2D eigenvalue weighted by Crippen LogP contribution is -2.60. The highest BCUT2D eigenvalue weighted by Gasteiger charge is 2.58. The first-order chi connectivity index (χ1) is 17.3. The molecule has 2 heterocycles. The second-order valence-corrected chi connectivity index (χ2v) is 11.6. The molecule has 2 aromatic carbocycles. The average molecular weight is 514 g/mol. The predicted molar refractivity (Wildman–Crippen MR) is 141 cm³/mol. The first-order valence-electron chi connectivity index (χ1n) is 13.2. The Labute approximate surface area is 219 Å². The molecule has 0 bridgehead atoms. The van der Waals surface area contributed by atoms with E-state index in [0.717, 1.165) is 23.1 Å². The SMILES string of the molecule is CC(=O)NCCc1ccc(O[C@@H]2OC(C)(C)[C@H](OC(C)C)[C@H]3CC(C)(C)O[C@@H]23)cc1-c1cccc(F)c1. The molecule has 1 N–H and O–H groups in total. The molecule has 0 spiro atoms. The maximum absolute atomic E-state index is 14.1. The minimum Gasteiger partial charge on any atom is -0.462 e. The average Bonchev–Trinajstić information content (AvgIpc) is 3.12. The summed E-state index contributed by atoms with van der Waals surface area (Å²) in [6.07, 6.45) is 0.475. The highest BCUT2D eigenvalue weighted by molar-refractivity contribution is 5.73. The minimum atomic E-state index is -0.626. The van der Waals surface area contributed by atoms with Gasteiger partial charge in [-0.25, -0.2) is 4.39 Å². The van der Waals surface area contributed by atoms with Gasteiger partial charge < -0.3 is 24.3 Å². The number of amides is 1. The molecule has 2 aromatic rings. The smallest absolute Gasteiger partial charge is 0.227 e. The second kappa shape index (κ2) is 10.7. The van der Waals surface area contributed by atoms with Crippen LogP contribution < -0.4 is 10.1 Å². The molecule has 0 saturated carbocycles. The van der Waals surface area contributed by atoms with E-state index in [0.29, 0.717) is 18.7 Å². The van der Waals surface area contributed by atoms with Crippen LogP contribution in [0.5, 0.6) is 5.75 Å². The van der Waals surface area contributed by atoms with Gasteiger partial charge in [0.2, 0.25) is 12.2 Å². The number of hydrogen-bond acceptors (Lipinski definition) is 5. The fourth-order valence-electron chi connectivity index (χ4n) is 5.60. The van der Waals surface area contributed by atoms with Gasteiger partial charge >= 0.3 is 0 Å². The van der Waals surface area contributed by atoms with E-state index in [2.05, 4.69) is 19.2 Å². The number of rotatable bonds is 8. The topological polar surface area (TPSA) is 66.0 Å². The highest BCUT2D eigenvalue weighted by atomic mass is 19.1. The fraction of sp³-hybridized carbons (Fsp3) is 0.567. The number of carbonyl (C=O) groups excluding carboxylic acids is 1. The van der Waals surface area contributed by atoms with E-state index in [4.69, 9.17) is 18.9 Å². The number of fused-ring (bicyclic) bond motifs is 1. The number of benzene rings is 2. The van der Waals surface area contributed by atoms with Crippen molar-refractivity contribution in [3.63, 3.8) is 0 Å². The molecule has 1 amide bonds. The molecule has 202 valence electrons. The van der Waals surface area contributed by atoms with Crippen molar-refractivity contribution in [1.29, 1.82) is 0 Å². The van der Waals surface area contributed by atoms with Crippen LogP contribution in [0, 0.1) is 11.7 Å². The summed E-state index contributed by atoms with van der Waals surface area (Å²) in [5.74, 6) is 0.331. The summed E-state index contributed by atoms with van der Waals surface area (Å²) in [4.78, 5) is 11.4. The Balaban J connectivity index is 1.64. The summed E-state index contributed by atoms with van der Waals surface area (Å²) in [6, 6.07) is 12.3. The van der Waals surface area contributed by atoms with E-state index in [9.17, 15) is 9.18 Å². The van der Waals surface area contributed by atoms with Crippen molar-refractivity contribution in [2.75, 3.05) is 6.54 Å². The summed E-state index contributed by atoms with van der Waals surface area (Å²) < 4.78 is 39.9. The van der Waals surface area contributed by atoms with Crippen molar-refractivity contribution in [3.05, 3.63) is 53.8 Å². The zero-order chi connectivity index (χ0) is 27.0. The number of hydrogen-bond donors (Lipinski definition) is 1. The minimum absolute atomic E-state index is 0.0635. The third-order valence-electron chi connectivity index (χ3n) is 7.02. The maximum atomic E-state index is 14.1. The first kappa shape index (κ1) is 27.6. The largest absolute Gasteiger partial charge is 0.462 e. The molecule has 4 atom stereocenters. The molecule has 0 aliphatic carbocycles. The van der Waals surface area contributed by atoms with E-state index in [1.54, 1.807) is 6.07 Å². The second-order valence-electron chi connectivity index (χ2n) is 11.6. The Morgan fingerprint density at radius 2 is 1.89 bits per heavy atom. The molecule has 4 rings (SSSR count). The number of nitrogens with one attached hydrogen (secondary N) is 1. The van der Waals surface area contributed by atoms with Crippen molar-refractivity contribution in [2.24, 2.45) is 5.92 Å². The molecule has 37 heavy (non-hydrogen) atoms. The van der Waals surface area contributed by atoms with Crippen molar-refractivity contribution in [3.8, 4) is 16.9 Å². The number of halogens is 1. The summed E-state index contributed by atoms with van der Waals surface area (Å²) in [6.45, 7) is 14.3. The monoisotopic (exact) mass is 513 g/mol. The van der Waals surface area contributed by atoms with E-state index in [-0.39, 0.29) is 41.6 Å². The molecule has 0 aromatic heterocycles. The van der Waals surface area contributed by atoms with Crippen LogP contribution in [0.25, 0.3) is 11.1 Å². The van der Waals surface area contributed by atoms with E-state index in [1.807, 2.05) is 52.0 Å². The van der Waals surface area contributed by atoms with Crippen LogP contribution in [-0.4, -0.2) is 48.3 Å². The van der Waals surface area contributed by atoms with Gasteiger partial charge in [0.05, 0.1) is 23.4 Å². The van der Waals surface area contributed by atoms with Gasteiger partial charge in [-0.15, -0.1) is 0 Å². The summed E-state index contributed by atoms with van der Waals surface area (Å²) in [5.41, 5.74) is 1.68. The molecular formula is C30H40FNO5. The number of ether oxygens (including phenoxy) is 4. The summed E-state index contributed by atoms with van der Waals surface area (Å²) >= 11 is 0. The van der Waals surface area contributed by atoms with Gasteiger partial charge in [0.1, 0.15) is 17.7 Å².